The Balaban J connectivity index is 2.40. The number of nitrogens with two attached hydrogens (primary N) is 1. The maximum absolute atomic E-state index is 9.08. The van der Waals surface area contributed by atoms with E-state index in [2.05, 4.69) is 16.2 Å². The van der Waals surface area contributed by atoms with E-state index in [0.29, 0.717) is 17.8 Å². The molecule has 0 aliphatic rings. The van der Waals surface area contributed by atoms with Crippen molar-refractivity contribution in [1.82, 2.24) is 14.8 Å². The maximum Gasteiger partial charge on any atom is 0.147 e. The van der Waals surface area contributed by atoms with Crippen LogP contribution >= 0.6 is 0 Å². The summed E-state index contributed by atoms with van der Waals surface area (Å²) in [5, 5.41) is 13.3. The lowest BCUT2D eigenvalue weighted by molar-refractivity contribution is 0.655. The highest BCUT2D eigenvalue weighted by Crippen LogP contribution is 2.17. The molecule has 0 aliphatic heterocycles. The van der Waals surface area contributed by atoms with Gasteiger partial charge in [-0.2, -0.15) is 10.4 Å². The zero-order valence-electron chi connectivity index (χ0n) is 9.81. The minimum Gasteiger partial charge on any atom is -0.398 e. The van der Waals surface area contributed by atoms with Gasteiger partial charge < -0.3 is 5.73 Å². The van der Waals surface area contributed by atoms with Gasteiger partial charge in [0.25, 0.3) is 0 Å². The number of hydrogen-bond acceptors (Lipinski definition) is 4. The van der Waals surface area contributed by atoms with Gasteiger partial charge >= 0.3 is 0 Å². The lowest BCUT2D eigenvalue weighted by Gasteiger charge is -2.07. The molecule has 0 unspecified atom stereocenters. The number of nitrogen functional groups attached to an aromatic ring is 1. The summed E-state index contributed by atoms with van der Waals surface area (Å²) in [6, 6.07) is 7.57. The quantitative estimate of drug-likeness (QED) is 0.786. The Morgan fingerprint density at radius 2 is 2.18 bits per heavy atom. The van der Waals surface area contributed by atoms with Crippen molar-refractivity contribution in [2.24, 2.45) is 0 Å². The van der Waals surface area contributed by atoms with E-state index < -0.39 is 0 Å². The van der Waals surface area contributed by atoms with E-state index in [1.165, 1.54) is 0 Å². The van der Waals surface area contributed by atoms with Crippen LogP contribution in [0.5, 0.6) is 0 Å². The van der Waals surface area contributed by atoms with E-state index in [1.807, 2.05) is 26.0 Å². The molecule has 0 bridgehead atoms. The number of nitriles is 1. The van der Waals surface area contributed by atoms with Gasteiger partial charge in [-0.15, -0.1) is 0 Å². The molecule has 1 aromatic carbocycles. The van der Waals surface area contributed by atoms with E-state index in [9.17, 15) is 0 Å². The molecule has 5 nitrogen and oxygen atoms in total. The Kier molecular flexibility index (Phi) is 2.79. The number of nitrogens with zero attached hydrogens (tertiary/aromatic N) is 4. The normalized spacial score (nSPS) is 10.2. The molecule has 0 aliphatic carbocycles. The number of rotatable bonds is 2. The van der Waals surface area contributed by atoms with Gasteiger partial charge in [0.1, 0.15) is 17.7 Å². The van der Waals surface area contributed by atoms with Crippen molar-refractivity contribution in [2.75, 3.05) is 5.73 Å². The molecule has 1 aromatic heterocycles. The first-order chi connectivity index (χ1) is 8.11. The summed E-state index contributed by atoms with van der Waals surface area (Å²) >= 11 is 0. The second-order valence-electron chi connectivity index (χ2n) is 3.86. The SMILES string of the molecule is Cc1nc(C)n(Cc2cccc(N)c2C#N)n1. The summed E-state index contributed by atoms with van der Waals surface area (Å²) < 4.78 is 1.77. The van der Waals surface area contributed by atoms with Gasteiger partial charge in [-0.1, -0.05) is 12.1 Å². The van der Waals surface area contributed by atoms with Crippen molar-refractivity contribution in [3.8, 4) is 6.07 Å². The molecule has 0 atom stereocenters. The fourth-order valence-corrected chi connectivity index (χ4v) is 1.76. The molecule has 1 heterocycles. The number of hydrogen-bond donors (Lipinski definition) is 1. The van der Waals surface area contributed by atoms with Crippen LogP contribution in [0.4, 0.5) is 5.69 Å². The van der Waals surface area contributed by atoms with Gasteiger partial charge in [0, 0.05) is 5.69 Å². The fourth-order valence-electron chi connectivity index (χ4n) is 1.76. The predicted octanol–water partition coefficient (Wildman–Crippen LogP) is 1.40. The predicted molar refractivity (Wildman–Crippen MR) is 64.2 cm³/mol. The lowest BCUT2D eigenvalue weighted by atomic mass is 10.1. The average Bonchev–Trinajstić information content (AvgIpc) is 2.58. The topological polar surface area (TPSA) is 80.5 Å². The molecule has 2 aromatic rings. The molecule has 0 amide bonds. The minimum absolute atomic E-state index is 0.500. The van der Waals surface area contributed by atoms with Crippen LogP contribution in [0.25, 0.3) is 0 Å². The Bertz CT molecular complexity index is 591. The van der Waals surface area contributed by atoms with Crippen molar-refractivity contribution in [2.45, 2.75) is 20.4 Å². The Hall–Kier alpha value is -2.35. The average molecular weight is 227 g/mol. The lowest BCUT2D eigenvalue weighted by Crippen LogP contribution is -2.07. The van der Waals surface area contributed by atoms with Crippen LogP contribution in [0.15, 0.2) is 18.2 Å². The summed E-state index contributed by atoms with van der Waals surface area (Å²) in [5.41, 5.74) is 7.64. The first kappa shape index (κ1) is 11.1. The van der Waals surface area contributed by atoms with Crippen LogP contribution in [-0.4, -0.2) is 14.8 Å². The smallest absolute Gasteiger partial charge is 0.147 e. The summed E-state index contributed by atoms with van der Waals surface area (Å²) in [5.74, 6) is 1.55. The second-order valence-corrected chi connectivity index (χ2v) is 3.86. The summed E-state index contributed by atoms with van der Waals surface area (Å²) in [6.07, 6.45) is 0. The van der Waals surface area contributed by atoms with Crippen LogP contribution in [0, 0.1) is 25.2 Å². The molecule has 0 fully saturated rings. The first-order valence-electron chi connectivity index (χ1n) is 5.27. The monoisotopic (exact) mass is 227 g/mol. The van der Waals surface area contributed by atoms with Crippen LogP contribution in [0.3, 0.4) is 0 Å². The molecule has 86 valence electrons. The molecular formula is C12H13N5. The number of anilines is 1. The van der Waals surface area contributed by atoms with Crippen LogP contribution in [0.2, 0.25) is 0 Å². The number of aromatic nitrogens is 3. The third kappa shape index (κ3) is 2.11. The number of benzene rings is 1. The van der Waals surface area contributed by atoms with Gasteiger partial charge in [-0.05, 0) is 25.5 Å². The van der Waals surface area contributed by atoms with Crippen molar-refractivity contribution in [3.05, 3.63) is 41.0 Å². The molecule has 5 heteroatoms. The zero-order valence-corrected chi connectivity index (χ0v) is 9.81. The number of aryl methyl sites for hydroxylation is 2. The maximum atomic E-state index is 9.08. The molecule has 17 heavy (non-hydrogen) atoms. The minimum atomic E-state index is 0.500. The van der Waals surface area contributed by atoms with Crippen LogP contribution in [-0.2, 0) is 6.54 Å². The molecule has 2 rings (SSSR count). The van der Waals surface area contributed by atoms with E-state index >= 15 is 0 Å². The summed E-state index contributed by atoms with van der Waals surface area (Å²) in [4.78, 5) is 4.22. The third-order valence-corrected chi connectivity index (χ3v) is 2.58. The summed E-state index contributed by atoms with van der Waals surface area (Å²) in [7, 11) is 0. The van der Waals surface area contributed by atoms with Crippen molar-refractivity contribution in [3.63, 3.8) is 0 Å². The second kappa shape index (κ2) is 4.26. The third-order valence-electron chi connectivity index (χ3n) is 2.58. The summed E-state index contributed by atoms with van der Waals surface area (Å²) in [6.45, 7) is 4.24. The fraction of sp³-hybridized carbons (Fsp3) is 0.250. The molecule has 0 saturated heterocycles. The Morgan fingerprint density at radius 1 is 1.41 bits per heavy atom. The van der Waals surface area contributed by atoms with Gasteiger partial charge in [0.2, 0.25) is 0 Å². The van der Waals surface area contributed by atoms with E-state index in [4.69, 9.17) is 11.0 Å². The van der Waals surface area contributed by atoms with Crippen molar-refractivity contribution >= 4 is 5.69 Å². The van der Waals surface area contributed by atoms with Crippen molar-refractivity contribution < 1.29 is 0 Å². The van der Waals surface area contributed by atoms with Crippen LogP contribution < -0.4 is 5.73 Å². The Labute approximate surface area is 99.5 Å². The van der Waals surface area contributed by atoms with E-state index in [0.717, 1.165) is 17.2 Å². The zero-order chi connectivity index (χ0) is 12.4. The van der Waals surface area contributed by atoms with Gasteiger partial charge in [0.15, 0.2) is 0 Å². The molecule has 0 radical (unpaired) electrons. The highest BCUT2D eigenvalue weighted by atomic mass is 15.3. The van der Waals surface area contributed by atoms with Crippen molar-refractivity contribution in [1.29, 1.82) is 5.26 Å². The van der Waals surface area contributed by atoms with Crippen LogP contribution in [0.1, 0.15) is 22.8 Å². The van der Waals surface area contributed by atoms with Gasteiger partial charge in [-0.3, -0.25) is 0 Å². The molecule has 0 saturated carbocycles. The molecular weight excluding hydrogens is 214 g/mol. The highest BCUT2D eigenvalue weighted by Gasteiger charge is 2.09. The molecule has 2 N–H and O–H groups in total. The Morgan fingerprint density at radius 3 is 2.76 bits per heavy atom. The largest absolute Gasteiger partial charge is 0.398 e. The standard InChI is InChI=1S/C12H13N5/c1-8-15-9(2)17(16-8)7-10-4-3-5-12(14)11(10)6-13/h3-5H,7,14H2,1-2H3. The van der Waals surface area contributed by atoms with Gasteiger partial charge in [0.05, 0.1) is 12.1 Å². The molecule has 0 spiro atoms. The van der Waals surface area contributed by atoms with Gasteiger partial charge in [-0.25, -0.2) is 9.67 Å². The first-order valence-corrected chi connectivity index (χ1v) is 5.27. The van der Waals surface area contributed by atoms with E-state index in [-0.39, 0.29) is 0 Å². The van der Waals surface area contributed by atoms with E-state index in [1.54, 1.807) is 10.7 Å². The highest BCUT2D eigenvalue weighted by molar-refractivity contribution is 5.57.